The minimum atomic E-state index is 0.0959. The predicted octanol–water partition coefficient (Wildman–Crippen LogP) is 2.83. The summed E-state index contributed by atoms with van der Waals surface area (Å²) >= 11 is 0. The molecule has 1 aliphatic rings. The molecule has 0 unspecified atom stereocenters. The number of rotatable bonds is 4. The summed E-state index contributed by atoms with van der Waals surface area (Å²) in [5, 5.41) is 0. The second-order valence-electron chi connectivity index (χ2n) is 6.24. The first-order valence-corrected chi connectivity index (χ1v) is 8.27. The van der Waals surface area contributed by atoms with Gasteiger partial charge in [0.15, 0.2) is 0 Å². The molecule has 0 bridgehead atoms. The third kappa shape index (κ3) is 3.85. The van der Waals surface area contributed by atoms with Crippen molar-refractivity contribution in [2.45, 2.75) is 18.9 Å². The van der Waals surface area contributed by atoms with Gasteiger partial charge in [-0.2, -0.15) is 0 Å². The highest BCUT2D eigenvalue weighted by atomic mass is 16.5. The number of carbonyl (C=O) groups excluding carboxylic acids is 1. The molecule has 3 rings (SSSR count). The van der Waals surface area contributed by atoms with E-state index in [0.29, 0.717) is 0 Å². The van der Waals surface area contributed by atoms with E-state index in [-0.39, 0.29) is 12.0 Å². The van der Waals surface area contributed by atoms with Gasteiger partial charge in [0.25, 0.3) is 5.91 Å². The first-order chi connectivity index (χ1) is 11.6. The molecule has 0 saturated carbocycles. The van der Waals surface area contributed by atoms with Crippen LogP contribution < -0.4 is 9.64 Å². The van der Waals surface area contributed by atoms with E-state index in [1.165, 1.54) is 0 Å². The minimum absolute atomic E-state index is 0.0959. The number of hydrogen-bond donors (Lipinski definition) is 0. The summed E-state index contributed by atoms with van der Waals surface area (Å²) in [5.41, 5.74) is 1.78. The van der Waals surface area contributed by atoms with Crippen molar-refractivity contribution in [3.8, 4) is 5.75 Å². The summed E-state index contributed by atoms with van der Waals surface area (Å²) in [4.78, 5) is 20.7. The second-order valence-corrected chi connectivity index (χ2v) is 6.24. The van der Waals surface area contributed by atoms with Crippen molar-refractivity contribution in [3.05, 3.63) is 54.4 Å². The molecule has 0 spiro atoms. The fourth-order valence-corrected chi connectivity index (χ4v) is 2.89. The van der Waals surface area contributed by atoms with Crippen molar-refractivity contribution >= 4 is 11.6 Å². The largest absolute Gasteiger partial charge is 0.489 e. The average molecular weight is 325 g/mol. The van der Waals surface area contributed by atoms with Gasteiger partial charge in [0.2, 0.25) is 0 Å². The van der Waals surface area contributed by atoms with Crippen molar-refractivity contribution in [2.75, 3.05) is 32.1 Å². The lowest BCUT2D eigenvalue weighted by Gasteiger charge is -2.32. The first-order valence-electron chi connectivity index (χ1n) is 8.27. The quantitative estimate of drug-likeness (QED) is 0.867. The molecule has 1 fully saturated rings. The van der Waals surface area contributed by atoms with E-state index >= 15 is 0 Å². The highest BCUT2D eigenvalue weighted by Gasteiger charge is 2.24. The third-order valence-electron chi connectivity index (χ3n) is 4.28. The van der Waals surface area contributed by atoms with E-state index in [9.17, 15) is 4.79 Å². The SMILES string of the molecule is CN(C)c1cccc(C(=O)N2CCC(Oc3cccnc3)CC2)c1. The summed E-state index contributed by atoms with van der Waals surface area (Å²) in [6, 6.07) is 11.5. The minimum Gasteiger partial charge on any atom is -0.489 e. The summed E-state index contributed by atoms with van der Waals surface area (Å²) < 4.78 is 5.93. The van der Waals surface area contributed by atoms with Crippen LogP contribution in [0, 0.1) is 0 Å². The molecular formula is C19H23N3O2. The Kier molecular flexibility index (Phi) is 4.99. The zero-order valence-electron chi connectivity index (χ0n) is 14.2. The molecule has 1 aromatic heterocycles. The van der Waals surface area contributed by atoms with Crippen LogP contribution in [0.4, 0.5) is 5.69 Å². The molecule has 0 atom stereocenters. The maximum atomic E-state index is 12.7. The lowest BCUT2D eigenvalue weighted by molar-refractivity contribution is 0.0595. The van der Waals surface area contributed by atoms with Crippen molar-refractivity contribution in [1.82, 2.24) is 9.88 Å². The lowest BCUT2D eigenvalue weighted by atomic mass is 10.1. The van der Waals surface area contributed by atoms with Crippen LogP contribution in [0.15, 0.2) is 48.8 Å². The van der Waals surface area contributed by atoms with E-state index in [0.717, 1.165) is 42.9 Å². The fourth-order valence-electron chi connectivity index (χ4n) is 2.89. The molecule has 1 aliphatic heterocycles. The van der Waals surface area contributed by atoms with Crippen molar-refractivity contribution in [3.63, 3.8) is 0 Å². The van der Waals surface area contributed by atoms with Crippen LogP contribution >= 0.6 is 0 Å². The smallest absolute Gasteiger partial charge is 0.253 e. The molecule has 5 heteroatoms. The van der Waals surface area contributed by atoms with Gasteiger partial charge in [0.05, 0.1) is 6.20 Å². The Bertz CT molecular complexity index is 680. The average Bonchev–Trinajstić information content (AvgIpc) is 2.63. The molecule has 2 heterocycles. The van der Waals surface area contributed by atoms with Crippen LogP contribution in [0.5, 0.6) is 5.75 Å². The normalized spacial score (nSPS) is 15.2. The van der Waals surface area contributed by atoms with Gasteiger partial charge < -0.3 is 14.5 Å². The van der Waals surface area contributed by atoms with Crippen LogP contribution in [0.2, 0.25) is 0 Å². The molecule has 0 radical (unpaired) electrons. The van der Waals surface area contributed by atoms with Gasteiger partial charge in [-0.25, -0.2) is 0 Å². The summed E-state index contributed by atoms with van der Waals surface area (Å²) in [6.45, 7) is 1.44. The number of piperidine rings is 1. The zero-order chi connectivity index (χ0) is 16.9. The number of benzene rings is 1. The topological polar surface area (TPSA) is 45.7 Å². The number of ether oxygens (including phenoxy) is 1. The molecule has 5 nitrogen and oxygen atoms in total. The highest BCUT2D eigenvalue weighted by Crippen LogP contribution is 2.21. The standard InChI is InChI=1S/C19H23N3O2/c1-21(2)16-6-3-5-15(13-16)19(23)22-11-8-17(9-12-22)24-18-7-4-10-20-14-18/h3-7,10,13-14,17H,8-9,11-12H2,1-2H3. The van der Waals surface area contributed by atoms with Gasteiger partial charge in [0.1, 0.15) is 11.9 Å². The summed E-state index contributed by atoms with van der Waals surface area (Å²) in [6.07, 6.45) is 5.29. The first kappa shape index (κ1) is 16.3. The molecule has 0 aliphatic carbocycles. The van der Waals surface area contributed by atoms with E-state index < -0.39 is 0 Å². The van der Waals surface area contributed by atoms with Gasteiger partial charge in [-0.1, -0.05) is 6.07 Å². The molecule has 24 heavy (non-hydrogen) atoms. The number of aromatic nitrogens is 1. The summed E-state index contributed by atoms with van der Waals surface area (Å²) in [5.74, 6) is 0.888. The van der Waals surface area contributed by atoms with E-state index in [2.05, 4.69) is 4.98 Å². The van der Waals surface area contributed by atoms with Crippen molar-refractivity contribution in [1.29, 1.82) is 0 Å². The Morgan fingerprint density at radius 2 is 2.00 bits per heavy atom. The lowest BCUT2D eigenvalue weighted by Crippen LogP contribution is -2.41. The van der Waals surface area contributed by atoms with E-state index in [1.807, 2.05) is 60.3 Å². The van der Waals surface area contributed by atoms with Crippen LogP contribution in [0.3, 0.4) is 0 Å². The van der Waals surface area contributed by atoms with Crippen molar-refractivity contribution < 1.29 is 9.53 Å². The number of likely N-dealkylation sites (tertiary alicyclic amines) is 1. The molecule has 2 aromatic rings. The van der Waals surface area contributed by atoms with Gasteiger partial charge >= 0.3 is 0 Å². The van der Waals surface area contributed by atoms with E-state index in [1.54, 1.807) is 12.4 Å². The molecule has 0 N–H and O–H groups in total. The summed E-state index contributed by atoms with van der Waals surface area (Å²) in [7, 11) is 3.95. The van der Waals surface area contributed by atoms with Crippen LogP contribution in [-0.4, -0.2) is 49.1 Å². The number of anilines is 1. The highest BCUT2D eigenvalue weighted by molar-refractivity contribution is 5.95. The number of nitrogens with zero attached hydrogens (tertiary/aromatic N) is 3. The predicted molar refractivity (Wildman–Crippen MR) is 94.6 cm³/mol. The molecule has 126 valence electrons. The molecule has 1 saturated heterocycles. The zero-order valence-corrected chi connectivity index (χ0v) is 14.2. The van der Waals surface area contributed by atoms with Gasteiger partial charge in [0, 0.05) is 57.5 Å². The maximum Gasteiger partial charge on any atom is 0.253 e. The number of amides is 1. The molecule has 1 amide bonds. The fraction of sp³-hybridized carbons (Fsp3) is 0.368. The maximum absolute atomic E-state index is 12.7. The van der Waals surface area contributed by atoms with Crippen LogP contribution in [0.1, 0.15) is 23.2 Å². The van der Waals surface area contributed by atoms with Crippen LogP contribution in [0.25, 0.3) is 0 Å². The van der Waals surface area contributed by atoms with Gasteiger partial charge in [-0.15, -0.1) is 0 Å². The molecule has 1 aromatic carbocycles. The Morgan fingerprint density at radius 3 is 2.67 bits per heavy atom. The number of pyridine rings is 1. The Labute approximate surface area is 142 Å². The monoisotopic (exact) mass is 325 g/mol. The second kappa shape index (κ2) is 7.34. The van der Waals surface area contributed by atoms with E-state index in [4.69, 9.17) is 4.74 Å². The number of hydrogen-bond acceptors (Lipinski definition) is 4. The van der Waals surface area contributed by atoms with Crippen molar-refractivity contribution in [2.24, 2.45) is 0 Å². The number of carbonyl (C=O) groups is 1. The Morgan fingerprint density at radius 1 is 1.21 bits per heavy atom. The van der Waals surface area contributed by atoms with Gasteiger partial charge in [-0.3, -0.25) is 9.78 Å². The van der Waals surface area contributed by atoms with Crippen LogP contribution in [-0.2, 0) is 0 Å². The Hall–Kier alpha value is -2.56. The molecular weight excluding hydrogens is 302 g/mol. The third-order valence-corrected chi connectivity index (χ3v) is 4.28. The Balaban J connectivity index is 1.58. The van der Waals surface area contributed by atoms with Gasteiger partial charge in [-0.05, 0) is 30.3 Å².